The molecule has 0 atom stereocenters. The lowest BCUT2D eigenvalue weighted by molar-refractivity contribution is 0.297. The second-order valence-electron chi connectivity index (χ2n) is 4.68. The van der Waals surface area contributed by atoms with Crippen LogP contribution in [0.5, 0.6) is 11.5 Å². The van der Waals surface area contributed by atoms with E-state index in [1.165, 1.54) is 0 Å². The Bertz CT molecular complexity index is 573. The summed E-state index contributed by atoms with van der Waals surface area (Å²) in [6.07, 6.45) is 2.69. The summed E-state index contributed by atoms with van der Waals surface area (Å²) in [7, 11) is 0. The van der Waals surface area contributed by atoms with Gasteiger partial charge in [0.25, 0.3) is 0 Å². The third kappa shape index (κ3) is 2.36. The van der Waals surface area contributed by atoms with Crippen LogP contribution in [0.4, 0.5) is 5.95 Å². The van der Waals surface area contributed by atoms with Gasteiger partial charge in [-0.15, -0.1) is 0 Å². The van der Waals surface area contributed by atoms with E-state index in [0.717, 1.165) is 29.2 Å². The van der Waals surface area contributed by atoms with Crippen LogP contribution in [-0.2, 0) is 6.54 Å². The molecular formula is C14H17N3O2. The Balaban J connectivity index is 1.88. The molecule has 100 valence electrons. The first-order chi connectivity index (χ1) is 9.24. The molecule has 2 heterocycles. The quantitative estimate of drug-likeness (QED) is 0.895. The lowest BCUT2D eigenvalue weighted by Crippen LogP contribution is -2.06. The molecule has 2 N–H and O–H groups in total. The highest BCUT2D eigenvalue weighted by Gasteiger charge is 2.11. The summed E-state index contributed by atoms with van der Waals surface area (Å²) in [5.41, 5.74) is 8.02. The number of nitrogen functional groups attached to an aromatic ring is 1. The summed E-state index contributed by atoms with van der Waals surface area (Å²) in [5, 5.41) is 0. The topological polar surface area (TPSA) is 62.3 Å². The first kappa shape index (κ1) is 11.9. The van der Waals surface area contributed by atoms with E-state index in [-0.39, 0.29) is 0 Å². The maximum Gasteiger partial charge on any atom is 0.200 e. The molecule has 0 radical (unpaired) electrons. The minimum Gasteiger partial charge on any atom is -0.490 e. The number of rotatable bonds is 2. The molecule has 0 saturated carbocycles. The molecule has 0 saturated heterocycles. The fraction of sp³-hybridized carbons (Fsp3) is 0.357. The number of hydrogen-bond donors (Lipinski definition) is 1. The van der Waals surface area contributed by atoms with Crippen LogP contribution < -0.4 is 15.2 Å². The van der Waals surface area contributed by atoms with Crippen molar-refractivity contribution >= 4 is 5.95 Å². The van der Waals surface area contributed by atoms with Gasteiger partial charge in [0, 0.05) is 12.1 Å². The highest BCUT2D eigenvalue weighted by Crippen LogP contribution is 2.30. The summed E-state index contributed by atoms with van der Waals surface area (Å²) in [6.45, 7) is 4.09. The molecule has 0 amide bonds. The SMILES string of the molecule is Cc1cnc(N)n1Cc1ccc2c(c1)OCCCO2. The van der Waals surface area contributed by atoms with Gasteiger partial charge in [0.2, 0.25) is 5.95 Å². The van der Waals surface area contributed by atoms with Crippen molar-refractivity contribution in [2.24, 2.45) is 0 Å². The summed E-state index contributed by atoms with van der Waals surface area (Å²) in [6, 6.07) is 6.00. The van der Waals surface area contributed by atoms with Crippen LogP contribution in [0, 0.1) is 6.92 Å². The minimum atomic E-state index is 0.532. The zero-order valence-electron chi connectivity index (χ0n) is 10.9. The van der Waals surface area contributed by atoms with Crippen LogP contribution in [0.25, 0.3) is 0 Å². The highest BCUT2D eigenvalue weighted by atomic mass is 16.5. The second-order valence-corrected chi connectivity index (χ2v) is 4.68. The molecule has 19 heavy (non-hydrogen) atoms. The van der Waals surface area contributed by atoms with Gasteiger partial charge in [-0.25, -0.2) is 4.98 Å². The van der Waals surface area contributed by atoms with E-state index in [0.29, 0.717) is 25.7 Å². The summed E-state index contributed by atoms with van der Waals surface area (Å²) < 4.78 is 13.3. The Hall–Kier alpha value is -2.17. The average molecular weight is 259 g/mol. The fourth-order valence-corrected chi connectivity index (χ4v) is 2.17. The Morgan fingerprint density at radius 3 is 2.79 bits per heavy atom. The van der Waals surface area contributed by atoms with Crippen molar-refractivity contribution in [1.29, 1.82) is 0 Å². The van der Waals surface area contributed by atoms with Gasteiger partial charge in [0.15, 0.2) is 11.5 Å². The number of aryl methyl sites for hydroxylation is 1. The van der Waals surface area contributed by atoms with Crippen molar-refractivity contribution < 1.29 is 9.47 Å². The van der Waals surface area contributed by atoms with E-state index in [1.54, 1.807) is 6.20 Å². The number of nitrogens with two attached hydrogens (primary N) is 1. The highest BCUT2D eigenvalue weighted by molar-refractivity contribution is 5.43. The van der Waals surface area contributed by atoms with Gasteiger partial charge in [-0.2, -0.15) is 0 Å². The number of hydrogen-bond acceptors (Lipinski definition) is 4. The Morgan fingerprint density at radius 2 is 2.05 bits per heavy atom. The van der Waals surface area contributed by atoms with E-state index in [1.807, 2.05) is 29.7 Å². The molecule has 1 aliphatic rings. The van der Waals surface area contributed by atoms with Crippen molar-refractivity contribution in [3.8, 4) is 11.5 Å². The molecule has 2 aromatic rings. The van der Waals surface area contributed by atoms with Crippen molar-refractivity contribution in [2.45, 2.75) is 19.9 Å². The normalized spacial score (nSPS) is 14.2. The standard InChI is InChI=1S/C14H17N3O2/c1-10-8-16-14(15)17(10)9-11-3-4-12-13(7-11)19-6-2-5-18-12/h3-4,7-8H,2,5-6,9H2,1H3,(H2,15,16). The van der Waals surface area contributed by atoms with Crippen LogP contribution in [0.1, 0.15) is 17.7 Å². The van der Waals surface area contributed by atoms with Crippen molar-refractivity contribution in [3.05, 3.63) is 35.7 Å². The van der Waals surface area contributed by atoms with E-state index in [9.17, 15) is 0 Å². The third-order valence-electron chi connectivity index (χ3n) is 3.24. The van der Waals surface area contributed by atoms with Crippen molar-refractivity contribution in [1.82, 2.24) is 9.55 Å². The molecule has 1 aromatic carbocycles. The Morgan fingerprint density at radius 1 is 1.26 bits per heavy atom. The van der Waals surface area contributed by atoms with Gasteiger partial charge in [-0.3, -0.25) is 0 Å². The molecule has 5 nitrogen and oxygen atoms in total. The van der Waals surface area contributed by atoms with Crippen molar-refractivity contribution in [3.63, 3.8) is 0 Å². The summed E-state index contributed by atoms with van der Waals surface area (Å²) >= 11 is 0. The van der Waals surface area contributed by atoms with E-state index >= 15 is 0 Å². The molecule has 3 rings (SSSR count). The number of benzene rings is 1. The van der Waals surface area contributed by atoms with E-state index in [2.05, 4.69) is 4.98 Å². The first-order valence-electron chi connectivity index (χ1n) is 6.40. The molecule has 0 fully saturated rings. The van der Waals surface area contributed by atoms with Gasteiger partial charge in [0.05, 0.1) is 26.0 Å². The van der Waals surface area contributed by atoms with Gasteiger partial charge in [-0.05, 0) is 24.6 Å². The maximum absolute atomic E-state index is 5.85. The predicted octanol–water partition coefficient (Wildman–Crippen LogP) is 1.98. The Labute approximate surface area is 112 Å². The average Bonchev–Trinajstić information content (AvgIpc) is 2.64. The minimum absolute atomic E-state index is 0.532. The molecule has 0 unspecified atom stereocenters. The molecule has 1 aromatic heterocycles. The zero-order valence-corrected chi connectivity index (χ0v) is 10.9. The van der Waals surface area contributed by atoms with Crippen LogP contribution >= 0.6 is 0 Å². The number of fused-ring (bicyclic) bond motifs is 1. The fourth-order valence-electron chi connectivity index (χ4n) is 2.17. The monoisotopic (exact) mass is 259 g/mol. The van der Waals surface area contributed by atoms with Gasteiger partial charge >= 0.3 is 0 Å². The van der Waals surface area contributed by atoms with Crippen LogP contribution in [0.15, 0.2) is 24.4 Å². The van der Waals surface area contributed by atoms with E-state index in [4.69, 9.17) is 15.2 Å². The first-order valence-corrected chi connectivity index (χ1v) is 6.40. The number of ether oxygens (including phenoxy) is 2. The smallest absolute Gasteiger partial charge is 0.200 e. The molecule has 1 aliphatic heterocycles. The van der Waals surface area contributed by atoms with Crippen LogP contribution in [-0.4, -0.2) is 22.8 Å². The number of nitrogens with zero attached hydrogens (tertiary/aromatic N) is 2. The van der Waals surface area contributed by atoms with E-state index < -0.39 is 0 Å². The second kappa shape index (κ2) is 4.84. The lowest BCUT2D eigenvalue weighted by Gasteiger charge is -2.11. The van der Waals surface area contributed by atoms with Gasteiger partial charge in [0.1, 0.15) is 0 Å². The third-order valence-corrected chi connectivity index (χ3v) is 3.24. The predicted molar refractivity (Wildman–Crippen MR) is 72.5 cm³/mol. The van der Waals surface area contributed by atoms with Gasteiger partial charge < -0.3 is 19.8 Å². The zero-order chi connectivity index (χ0) is 13.2. The Kier molecular flexibility index (Phi) is 3.03. The largest absolute Gasteiger partial charge is 0.490 e. The van der Waals surface area contributed by atoms with Crippen LogP contribution in [0.3, 0.4) is 0 Å². The molecule has 0 aliphatic carbocycles. The maximum atomic E-state index is 5.85. The molecular weight excluding hydrogens is 242 g/mol. The number of imidazole rings is 1. The van der Waals surface area contributed by atoms with Gasteiger partial charge in [-0.1, -0.05) is 6.07 Å². The number of aromatic nitrogens is 2. The summed E-state index contributed by atoms with van der Waals surface area (Å²) in [5.74, 6) is 2.16. The molecule has 5 heteroatoms. The molecule has 0 bridgehead atoms. The summed E-state index contributed by atoms with van der Waals surface area (Å²) in [4.78, 5) is 4.10. The van der Waals surface area contributed by atoms with Crippen molar-refractivity contribution in [2.75, 3.05) is 18.9 Å². The molecule has 0 spiro atoms. The van der Waals surface area contributed by atoms with Crippen LogP contribution in [0.2, 0.25) is 0 Å². The lowest BCUT2D eigenvalue weighted by atomic mass is 10.2. The number of anilines is 1.